The predicted octanol–water partition coefficient (Wildman–Crippen LogP) is 4.26. The first kappa shape index (κ1) is 14.6. The van der Waals surface area contributed by atoms with Crippen LogP contribution in [0.25, 0.3) is 17.1 Å². The number of nitrogens with zero attached hydrogens (tertiary/aromatic N) is 4. The van der Waals surface area contributed by atoms with Crippen molar-refractivity contribution in [1.29, 1.82) is 0 Å². The number of thioether (sulfide) groups is 1. The van der Waals surface area contributed by atoms with Gasteiger partial charge >= 0.3 is 0 Å². The lowest BCUT2D eigenvalue weighted by Crippen LogP contribution is -1.94. The topological polar surface area (TPSA) is 43.1 Å². The Morgan fingerprint density at radius 1 is 1.29 bits per heavy atom. The summed E-state index contributed by atoms with van der Waals surface area (Å²) in [6, 6.07) is 7.73. The van der Waals surface area contributed by atoms with E-state index in [2.05, 4.69) is 22.2 Å². The number of rotatable bonds is 5. The minimum absolute atomic E-state index is 0.733. The van der Waals surface area contributed by atoms with Gasteiger partial charge in [0.15, 0.2) is 5.82 Å². The quantitative estimate of drug-likeness (QED) is 0.698. The molecular formula is C14H13ClN4S2. The second-order valence-corrected chi connectivity index (χ2v) is 6.91. The van der Waals surface area contributed by atoms with Crippen LogP contribution in [0.1, 0.15) is 23.3 Å². The molecule has 4 nitrogen and oxygen atoms in total. The molecule has 7 heteroatoms. The zero-order valence-corrected chi connectivity index (χ0v) is 13.8. The molecule has 2 aromatic heterocycles. The van der Waals surface area contributed by atoms with Crippen LogP contribution in [0.15, 0.2) is 24.3 Å². The molecule has 0 saturated carbocycles. The van der Waals surface area contributed by atoms with Crippen LogP contribution in [0.3, 0.4) is 0 Å². The van der Waals surface area contributed by atoms with Crippen molar-refractivity contribution in [3.8, 4) is 0 Å². The predicted molar refractivity (Wildman–Crippen MR) is 90.9 cm³/mol. The van der Waals surface area contributed by atoms with Crippen LogP contribution in [0.5, 0.6) is 0 Å². The van der Waals surface area contributed by atoms with Crippen molar-refractivity contribution in [2.45, 2.75) is 12.7 Å². The summed E-state index contributed by atoms with van der Waals surface area (Å²) in [5, 5.41) is 14.5. The molecule has 0 unspecified atom stereocenters. The highest BCUT2D eigenvalue weighted by Crippen LogP contribution is 2.21. The van der Waals surface area contributed by atoms with E-state index in [-0.39, 0.29) is 0 Å². The number of benzene rings is 1. The van der Waals surface area contributed by atoms with Crippen molar-refractivity contribution in [2.24, 2.45) is 0 Å². The average Bonchev–Trinajstić information content (AvgIpc) is 3.05. The maximum atomic E-state index is 6.13. The summed E-state index contributed by atoms with van der Waals surface area (Å²) >= 11 is 9.46. The van der Waals surface area contributed by atoms with Crippen molar-refractivity contribution in [3.05, 3.63) is 45.7 Å². The third-order valence-electron chi connectivity index (χ3n) is 2.82. The van der Waals surface area contributed by atoms with Gasteiger partial charge in [0.25, 0.3) is 0 Å². The molecule has 0 aliphatic rings. The Morgan fingerprint density at radius 3 is 2.95 bits per heavy atom. The Hall–Kier alpha value is -1.37. The normalized spacial score (nSPS) is 11.7. The molecule has 0 atom stereocenters. The fourth-order valence-electron chi connectivity index (χ4n) is 1.79. The molecule has 0 aliphatic carbocycles. The number of hydrogen-bond acceptors (Lipinski definition) is 5. The van der Waals surface area contributed by atoms with E-state index in [4.69, 9.17) is 11.6 Å². The highest BCUT2D eigenvalue weighted by atomic mass is 35.5. The van der Waals surface area contributed by atoms with Crippen LogP contribution in [-0.2, 0) is 5.75 Å². The standard InChI is InChI=1S/C14H13ClN4S2/c1-2-20-9-12-16-17-14-19(12)18-13(21-14)8-7-10-5-3-4-6-11(10)15/h3-8H,2,9H2,1H3/b8-7+. The van der Waals surface area contributed by atoms with Gasteiger partial charge in [0.2, 0.25) is 4.96 Å². The first-order valence-corrected chi connectivity index (χ1v) is 8.84. The SMILES string of the molecule is CCSCc1nnc2sc(/C=C/c3ccccc3Cl)nn12. The molecule has 0 N–H and O–H groups in total. The second-order valence-electron chi connectivity index (χ2n) is 4.24. The van der Waals surface area contributed by atoms with Crippen LogP contribution in [0.2, 0.25) is 5.02 Å². The van der Waals surface area contributed by atoms with E-state index in [0.717, 1.165) is 37.9 Å². The van der Waals surface area contributed by atoms with Gasteiger partial charge in [-0.3, -0.25) is 0 Å². The van der Waals surface area contributed by atoms with Crippen LogP contribution in [0.4, 0.5) is 0 Å². The largest absolute Gasteiger partial charge is 0.234 e. The van der Waals surface area contributed by atoms with Gasteiger partial charge in [-0.15, -0.1) is 10.2 Å². The third kappa shape index (κ3) is 3.28. The molecule has 3 aromatic rings. The number of halogens is 1. The molecule has 2 heterocycles. The fraction of sp³-hybridized carbons (Fsp3) is 0.214. The van der Waals surface area contributed by atoms with Crippen molar-refractivity contribution in [3.63, 3.8) is 0 Å². The highest BCUT2D eigenvalue weighted by molar-refractivity contribution is 7.98. The summed E-state index contributed by atoms with van der Waals surface area (Å²) in [6.07, 6.45) is 3.92. The maximum absolute atomic E-state index is 6.13. The van der Waals surface area contributed by atoms with E-state index in [1.165, 1.54) is 11.3 Å². The van der Waals surface area contributed by atoms with E-state index in [1.54, 1.807) is 0 Å². The Morgan fingerprint density at radius 2 is 2.14 bits per heavy atom. The Labute approximate surface area is 135 Å². The van der Waals surface area contributed by atoms with Crippen LogP contribution < -0.4 is 0 Å². The lowest BCUT2D eigenvalue weighted by molar-refractivity contribution is 0.880. The molecule has 0 amide bonds. The molecule has 1 aromatic carbocycles. The van der Waals surface area contributed by atoms with Crippen LogP contribution in [-0.4, -0.2) is 25.6 Å². The first-order chi connectivity index (χ1) is 10.3. The van der Waals surface area contributed by atoms with Gasteiger partial charge in [-0.1, -0.05) is 54.1 Å². The van der Waals surface area contributed by atoms with Crippen molar-refractivity contribution >= 4 is 51.8 Å². The summed E-state index contributed by atoms with van der Waals surface area (Å²) in [4.78, 5) is 0.820. The molecular weight excluding hydrogens is 324 g/mol. The molecule has 0 fully saturated rings. The van der Waals surface area contributed by atoms with Crippen molar-refractivity contribution < 1.29 is 0 Å². The maximum Gasteiger partial charge on any atom is 0.234 e. The highest BCUT2D eigenvalue weighted by Gasteiger charge is 2.09. The Bertz CT molecular complexity index is 778. The molecule has 0 bridgehead atoms. The van der Waals surface area contributed by atoms with E-state index in [0.29, 0.717) is 0 Å². The van der Waals surface area contributed by atoms with Gasteiger partial charge in [0, 0.05) is 5.02 Å². The molecule has 0 saturated heterocycles. The Balaban J connectivity index is 1.85. The van der Waals surface area contributed by atoms with Gasteiger partial charge in [-0.05, 0) is 23.5 Å². The molecule has 0 spiro atoms. The summed E-state index contributed by atoms with van der Waals surface area (Å²) < 4.78 is 1.82. The van der Waals surface area contributed by atoms with E-state index in [1.807, 2.05) is 52.7 Å². The van der Waals surface area contributed by atoms with Gasteiger partial charge in [-0.25, -0.2) is 0 Å². The molecule has 0 radical (unpaired) electrons. The fourth-order valence-corrected chi connectivity index (χ4v) is 3.32. The zero-order valence-electron chi connectivity index (χ0n) is 11.4. The first-order valence-electron chi connectivity index (χ1n) is 6.49. The van der Waals surface area contributed by atoms with Crippen LogP contribution >= 0.6 is 34.7 Å². The monoisotopic (exact) mass is 336 g/mol. The second kappa shape index (κ2) is 6.60. The minimum Gasteiger partial charge on any atom is -0.186 e. The summed E-state index contributed by atoms with van der Waals surface area (Å²) in [7, 11) is 0. The molecule has 0 aliphatic heterocycles. The van der Waals surface area contributed by atoms with Crippen LogP contribution in [0, 0.1) is 0 Å². The third-order valence-corrected chi connectivity index (χ3v) is 4.90. The lowest BCUT2D eigenvalue weighted by Gasteiger charge is -1.95. The smallest absolute Gasteiger partial charge is 0.186 e. The van der Waals surface area contributed by atoms with Crippen molar-refractivity contribution in [2.75, 3.05) is 5.75 Å². The van der Waals surface area contributed by atoms with Gasteiger partial charge in [0.05, 0.1) is 5.75 Å². The summed E-state index contributed by atoms with van der Waals surface area (Å²) in [5.74, 6) is 2.78. The zero-order chi connectivity index (χ0) is 14.7. The average molecular weight is 337 g/mol. The number of fused-ring (bicyclic) bond motifs is 1. The summed E-state index contributed by atoms with van der Waals surface area (Å²) in [5.41, 5.74) is 0.979. The summed E-state index contributed by atoms with van der Waals surface area (Å²) in [6.45, 7) is 2.13. The van der Waals surface area contributed by atoms with E-state index in [9.17, 15) is 0 Å². The van der Waals surface area contributed by atoms with Gasteiger partial charge < -0.3 is 0 Å². The molecule has 3 rings (SSSR count). The minimum atomic E-state index is 0.733. The number of aromatic nitrogens is 4. The Kier molecular flexibility index (Phi) is 4.57. The molecule has 21 heavy (non-hydrogen) atoms. The van der Waals surface area contributed by atoms with E-state index < -0.39 is 0 Å². The van der Waals surface area contributed by atoms with Crippen molar-refractivity contribution in [1.82, 2.24) is 19.8 Å². The molecule has 108 valence electrons. The van der Waals surface area contributed by atoms with Gasteiger partial charge in [-0.2, -0.15) is 21.4 Å². The lowest BCUT2D eigenvalue weighted by atomic mass is 10.2. The van der Waals surface area contributed by atoms with E-state index >= 15 is 0 Å². The van der Waals surface area contributed by atoms with Gasteiger partial charge in [0.1, 0.15) is 5.01 Å². The number of hydrogen-bond donors (Lipinski definition) is 0.